The number of carbonyl (C=O) groups excluding carboxylic acids is 2. The van der Waals surface area contributed by atoms with Crippen molar-refractivity contribution in [3.05, 3.63) is 35.9 Å². The minimum atomic E-state index is -0.579. The summed E-state index contributed by atoms with van der Waals surface area (Å²) in [5.41, 5.74) is 0.937. The second-order valence-electron chi connectivity index (χ2n) is 6.09. The third-order valence-corrected chi connectivity index (χ3v) is 3.59. The van der Waals surface area contributed by atoms with Gasteiger partial charge in [0, 0.05) is 5.92 Å². The molecule has 122 valence electrons. The van der Waals surface area contributed by atoms with Gasteiger partial charge in [0.15, 0.2) is 0 Å². The fraction of sp³-hybridized carbons (Fsp3) is 0.556. The lowest BCUT2D eigenvalue weighted by atomic mass is 10.0. The molecular weight excluding hydrogens is 278 g/mol. The molecule has 0 aliphatic heterocycles. The van der Waals surface area contributed by atoms with Crippen molar-refractivity contribution in [3.8, 4) is 0 Å². The van der Waals surface area contributed by atoms with Crippen LogP contribution in [0.4, 0.5) is 0 Å². The second kappa shape index (κ2) is 9.23. The van der Waals surface area contributed by atoms with Crippen molar-refractivity contribution < 1.29 is 14.3 Å². The number of benzene rings is 1. The molecule has 0 saturated heterocycles. The molecular formula is C18H27NO3. The summed E-state index contributed by atoms with van der Waals surface area (Å²) >= 11 is 0. The van der Waals surface area contributed by atoms with Crippen molar-refractivity contribution in [1.29, 1.82) is 0 Å². The van der Waals surface area contributed by atoms with Gasteiger partial charge in [0.05, 0.1) is 0 Å². The first-order chi connectivity index (χ1) is 10.4. The monoisotopic (exact) mass is 305 g/mol. The first-order valence-corrected chi connectivity index (χ1v) is 7.95. The summed E-state index contributed by atoms with van der Waals surface area (Å²) in [5.74, 6) is -0.262. The maximum atomic E-state index is 12.3. The van der Waals surface area contributed by atoms with E-state index in [4.69, 9.17) is 4.74 Å². The first-order valence-electron chi connectivity index (χ1n) is 7.95. The molecule has 22 heavy (non-hydrogen) atoms. The van der Waals surface area contributed by atoms with Gasteiger partial charge in [-0.15, -0.1) is 0 Å². The van der Waals surface area contributed by atoms with Crippen LogP contribution in [0.1, 0.15) is 46.1 Å². The average molecular weight is 305 g/mol. The average Bonchev–Trinajstić information content (AvgIpc) is 2.51. The van der Waals surface area contributed by atoms with Crippen molar-refractivity contribution in [2.75, 3.05) is 0 Å². The lowest BCUT2D eigenvalue weighted by molar-refractivity contribution is -0.150. The topological polar surface area (TPSA) is 55.4 Å². The van der Waals surface area contributed by atoms with E-state index in [0.29, 0.717) is 12.3 Å². The fourth-order valence-corrected chi connectivity index (χ4v) is 2.01. The Balaban J connectivity index is 2.61. The molecule has 1 unspecified atom stereocenters. The Morgan fingerprint density at radius 2 is 1.77 bits per heavy atom. The van der Waals surface area contributed by atoms with Crippen LogP contribution >= 0.6 is 0 Å². The maximum Gasteiger partial charge on any atom is 0.328 e. The number of carbonyl (C=O) groups is 2. The van der Waals surface area contributed by atoms with E-state index >= 15 is 0 Å². The lowest BCUT2D eigenvalue weighted by Gasteiger charge is -2.21. The Hall–Kier alpha value is -1.84. The Bertz CT molecular complexity index is 470. The highest BCUT2D eigenvalue weighted by molar-refractivity contribution is 5.85. The Kier molecular flexibility index (Phi) is 7.64. The third kappa shape index (κ3) is 6.29. The minimum Gasteiger partial charge on any atom is -0.459 e. The molecule has 1 amide bonds. The van der Waals surface area contributed by atoms with Crippen LogP contribution in [-0.2, 0) is 20.9 Å². The van der Waals surface area contributed by atoms with Crippen LogP contribution in [0, 0.1) is 11.8 Å². The van der Waals surface area contributed by atoms with Gasteiger partial charge in [0.25, 0.3) is 0 Å². The molecule has 0 saturated carbocycles. The van der Waals surface area contributed by atoms with E-state index < -0.39 is 6.04 Å². The van der Waals surface area contributed by atoms with Crippen LogP contribution in [0.25, 0.3) is 0 Å². The zero-order valence-electron chi connectivity index (χ0n) is 14.0. The van der Waals surface area contributed by atoms with E-state index in [1.165, 1.54) is 0 Å². The van der Waals surface area contributed by atoms with Gasteiger partial charge in [-0.3, -0.25) is 4.79 Å². The summed E-state index contributed by atoms with van der Waals surface area (Å²) in [4.78, 5) is 24.3. The van der Waals surface area contributed by atoms with E-state index in [-0.39, 0.29) is 24.4 Å². The van der Waals surface area contributed by atoms with Crippen molar-refractivity contribution in [2.24, 2.45) is 11.8 Å². The molecule has 2 atom stereocenters. The molecule has 0 heterocycles. The highest BCUT2D eigenvalue weighted by Gasteiger charge is 2.25. The Morgan fingerprint density at radius 1 is 1.14 bits per heavy atom. The normalized spacial score (nSPS) is 13.5. The number of esters is 1. The highest BCUT2D eigenvalue weighted by atomic mass is 16.5. The standard InChI is InChI=1S/C18H27NO3/c1-5-14(4)17(20)19-16(11-13(2)3)18(21)22-12-15-9-7-6-8-10-15/h6-10,13-14,16H,5,11-12H2,1-4H3,(H,19,20)/t14?,16-/m0/s1. The van der Waals surface area contributed by atoms with Crippen LogP contribution in [0.5, 0.6) is 0 Å². The minimum absolute atomic E-state index is 0.0928. The molecule has 0 aromatic heterocycles. The molecule has 0 spiro atoms. The largest absolute Gasteiger partial charge is 0.459 e. The second-order valence-corrected chi connectivity index (χ2v) is 6.09. The number of hydrogen-bond acceptors (Lipinski definition) is 3. The third-order valence-electron chi connectivity index (χ3n) is 3.59. The number of ether oxygens (including phenoxy) is 1. The summed E-state index contributed by atoms with van der Waals surface area (Å²) < 4.78 is 5.35. The van der Waals surface area contributed by atoms with E-state index in [2.05, 4.69) is 5.32 Å². The van der Waals surface area contributed by atoms with Crippen molar-refractivity contribution in [2.45, 2.75) is 53.2 Å². The van der Waals surface area contributed by atoms with Crippen molar-refractivity contribution in [1.82, 2.24) is 5.32 Å². The van der Waals surface area contributed by atoms with Crippen molar-refractivity contribution in [3.63, 3.8) is 0 Å². The molecule has 0 radical (unpaired) electrons. The van der Waals surface area contributed by atoms with Crippen LogP contribution in [-0.4, -0.2) is 17.9 Å². The molecule has 1 N–H and O–H groups in total. The van der Waals surface area contributed by atoms with Crippen LogP contribution in [0.15, 0.2) is 30.3 Å². The van der Waals surface area contributed by atoms with E-state index in [0.717, 1.165) is 12.0 Å². The smallest absolute Gasteiger partial charge is 0.328 e. The van der Waals surface area contributed by atoms with E-state index in [9.17, 15) is 9.59 Å². The van der Waals surface area contributed by atoms with Crippen LogP contribution in [0.3, 0.4) is 0 Å². The quantitative estimate of drug-likeness (QED) is 0.750. The summed E-state index contributed by atoms with van der Waals surface area (Å²) in [6, 6.07) is 8.95. The first kappa shape index (κ1) is 18.2. The number of amides is 1. The molecule has 4 nitrogen and oxygen atoms in total. The molecule has 0 bridgehead atoms. The van der Waals surface area contributed by atoms with Gasteiger partial charge in [-0.25, -0.2) is 4.79 Å². The number of hydrogen-bond donors (Lipinski definition) is 1. The maximum absolute atomic E-state index is 12.3. The molecule has 1 aromatic carbocycles. The number of rotatable bonds is 8. The van der Waals surface area contributed by atoms with Gasteiger partial charge in [0.2, 0.25) is 5.91 Å². The van der Waals surface area contributed by atoms with Crippen LogP contribution < -0.4 is 5.32 Å². The van der Waals surface area contributed by atoms with Gasteiger partial charge in [-0.1, -0.05) is 58.0 Å². The Labute approximate surface area is 133 Å². The molecule has 4 heteroatoms. The van der Waals surface area contributed by atoms with E-state index in [1.54, 1.807) is 0 Å². The SMILES string of the molecule is CCC(C)C(=O)N[C@@H](CC(C)C)C(=O)OCc1ccccc1. The summed E-state index contributed by atoms with van der Waals surface area (Å²) in [6.45, 7) is 8.08. The molecule has 0 fully saturated rings. The zero-order valence-corrected chi connectivity index (χ0v) is 14.0. The van der Waals surface area contributed by atoms with Crippen molar-refractivity contribution >= 4 is 11.9 Å². The van der Waals surface area contributed by atoms with Gasteiger partial charge >= 0.3 is 5.97 Å². The molecule has 0 aliphatic carbocycles. The zero-order chi connectivity index (χ0) is 16.5. The predicted octanol–water partition coefficient (Wildman–Crippen LogP) is 3.31. The highest BCUT2D eigenvalue weighted by Crippen LogP contribution is 2.10. The summed E-state index contributed by atoms with van der Waals surface area (Å²) in [7, 11) is 0. The number of nitrogens with one attached hydrogen (secondary N) is 1. The Morgan fingerprint density at radius 3 is 2.32 bits per heavy atom. The van der Waals surface area contributed by atoms with Gasteiger partial charge in [-0.05, 0) is 24.3 Å². The predicted molar refractivity (Wildman–Crippen MR) is 87.1 cm³/mol. The molecule has 0 aliphatic rings. The molecule has 1 rings (SSSR count). The molecule has 1 aromatic rings. The fourth-order valence-electron chi connectivity index (χ4n) is 2.01. The summed E-state index contributed by atoms with van der Waals surface area (Å²) in [5, 5.41) is 2.82. The summed E-state index contributed by atoms with van der Waals surface area (Å²) in [6.07, 6.45) is 1.33. The van der Waals surface area contributed by atoms with Gasteiger partial charge in [0.1, 0.15) is 12.6 Å². The lowest BCUT2D eigenvalue weighted by Crippen LogP contribution is -2.44. The van der Waals surface area contributed by atoms with Gasteiger partial charge in [-0.2, -0.15) is 0 Å². The van der Waals surface area contributed by atoms with E-state index in [1.807, 2.05) is 58.0 Å². The van der Waals surface area contributed by atoms with Crippen LogP contribution in [0.2, 0.25) is 0 Å². The van der Waals surface area contributed by atoms with Gasteiger partial charge < -0.3 is 10.1 Å².